The SMILES string of the molecule is CCC(C(=N)N)N(CC)CC. The summed E-state index contributed by atoms with van der Waals surface area (Å²) < 4.78 is 0. The van der Waals surface area contributed by atoms with Gasteiger partial charge in [0.1, 0.15) is 5.84 Å². The Morgan fingerprint density at radius 2 is 1.82 bits per heavy atom. The second-order valence-corrected chi connectivity index (χ2v) is 2.60. The fourth-order valence-corrected chi connectivity index (χ4v) is 1.34. The molecule has 0 aliphatic rings. The van der Waals surface area contributed by atoms with E-state index in [9.17, 15) is 0 Å². The largest absolute Gasteiger partial charge is 0.386 e. The lowest BCUT2D eigenvalue weighted by atomic mass is 10.2. The van der Waals surface area contributed by atoms with Crippen molar-refractivity contribution in [2.45, 2.75) is 33.2 Å². The van der Waals surface area contributed by atoms with E-state index in [1.165, 1.54) is 0 Å². The molecule has 3 nitrogen and oxygen atoms in total. The summed E-state index contributed by atoms with van der Waals surface area (Å²) in [4.78, 5) is 2.20. The standard InChI is InChI=1S/C8H19N3/c1-4-7(8(9)10)11(5-2)6-3/h7H,4-6H2,1-3H3,(H3,9,10). The van der Waals surface area contributed by atoms with Gasteiger partial charge in [0.05, 0.1) is 6.04 Å². The molecule has 0 rings (SSSR count). The van der Waals surface area contributed by atoms with Crippen LogP contribution < -0.4 is 5.73 Å². The van der Waals surface area contributed by atoms with Gasteiger partial charge in [-0.05, 0) is 19.5 Å². The molecule has 3 heteroatoms. The molecule has 0 aliphatic carbocycles. The summed E-state index contributed by atoms with van der Waals surface area (Å²) in [6.45, 7) is 8.18. The Bertz CT molecular complexity index is 119. The molecule has 0 bridgehead atoms. The molecule has 11 heavy (non-hydrogen) atoms. The van der Waals surface area contributed by atoms with Crippen molar-refractivity contribution in [3.8, 4) is 0 Å². The fourth-order valence-electron chi connectivity index (χ4n) is 1.34. The number of amidine groups is 1. The number of nitrogens with two attached hydrogens (primary N) is 1. The van der Waals surface area contributed by atoms with E-state index in [1.54, 1.807) is 0 Å². The van der Waals surface area contributed by atoms with Crippen LogP contribution in [-0.2, 0) is 0 Å². The minimum absolute atomic E-state index is 0.144. The first-order valence-corrected chi connectivity index (χ1v) is 4.25. The van der Waals surface area contributed by atoms with E-state index >= 15 is 0 Å². The van der Waals surface area contributed by atoms with Crippen molar-refractivity contribution < 1.29 is 0 Å². The highest BCUT2D eigenvalue weighted by Crippen LogP contribution is 2.02. The maximum absolute atomic E-state index is 7.32. The van der Waals surface area contributed by atoms with E-state index in [1.807, 2.05) is 0 Å². The van der Waals surface area contributed by atoms with Crippen LogP contribution in [0.5, 0.6) is 0 Å². The minimum Gasteiger partial charge on any atom is -0.386 e. The van der Waals surface area contributed by atoms with Gasteiger partial charge in [-0.1, -0.05) is 20.8 Å². The average molecular weight is 157 g/mol. The minimum atomic E-state index is 0.144. The molecule has 1 unspecified atom stereocenters. The molecule has 0 radical (unpaired) electrons. The number of nitrogens with zero attached hydrogens (tertiary/aromatic N) is 1. The van der Waals surface area contributed by atoms with Crippen LogP contribution >= 0.6 is 0 Å². The van der Waals surface area contributed by atoms with Crippen LogP contribution in [0.2, 0.25) is 0 Å². The Kier molecular flexibility index (Phi) is 4.86. The molecule has 0 aromatic carbocycles. The average Bonchev–Trinajstić information content (AvgIpc) is 1.99. The Balaban J connectivity index is 4.09. The van der Waals surface area contributed by atoms with Crippen molar-refractivity contribution in [2.75, 3.05) is 13.1 Å². The van der Waals surface area contributed by atoms with Gasteiger partial charge in [-0.25, -0.2) is 0 Å². The molecule has 0 spiro atoms. The van der Waals surface area contributed by atoms with Gasteiger partial charge in [0, 0.05) is 0 Å². The predicted molar refractivity (Wildman–Crippen MR) is 48.9 cm³/mol. The van der Waals surface area contributed by atoms with Gasteiger partial charge in [0.25, 0.3) is 0 Å². The summed E-state index contributed by atoms with van der Waals surface area (Å²) in [5.74, 6) is 0.288. The zero-order valence-corrected chi connectivity index (χ0v) is 7.72. The van der Waals surface area contributed by atoms with Crippen LogP contribution in [0.3, 0.4) is 0 Å². The van der Waals surface area contributed by atoms with Crippen LogP contribution in [0, 0.1) is 5.41 Å². The lowest BCUT2D eigenvalue weighted by molar-refractivity contribution is 0.261. The molecule has 0 heterocycles. The first-order valence-electron chi connectivity index (χ1n) is 4.25. The van der Waals surface area contributed by atoms with Gasteiger partial charge in [0.15, 0.2) is 0 Å². The van der Waals surface area contributed by atoms with Crippen molar-refractivity contribution in [2.24, 2.45) is 5.73 Å². The summed E-state index contributed by atoms with van der Waals surface area (Å²) in [5.41, 5.74) is 5.44. The van der Waals surface area contributed by atoms with Crippen molar-refractivity contribution >= 4 is 5.84 Å². The maximum Gasteiger partial charge on any atom is 0.108 e. The Morgan fingerprint density at radius 1 is 1.36 bits per heavy atom. The molecule has 0 aliphatic heterocycles. The number of hydrogen-bond donors (Lipinski definition) is 2. The normalized spacial score (nSPS) is 13.5. The summed E-state index contributed by atoms with van der Waals surface area (Å²) >= 11 is 0. The van der Waals surface area contributed by atoms with Gasteiger partial charge in [-0.2, -0.15) is 0 Å². The first kappa shape index (κ1) is 10.4. The highest BCUT2D eigenvalue weighted by Gasteiger charge is 2.15. The number of likely N-dealkylation sites (N-methyl/N-ethyl adjacent to an activating group) is 1. The molecular formula is C8H19N3. The second kappa shape index (κ2) is 5.13. The smallest absolute Gasteiger partial charge is 0.108 e. The number of nitrogens with one attached hydrogen (secondary N) is 1. The predicted octanol–water partition coefficient (Wildman–Crippen LogP) is 1.04. The van der Waals surface area contributed by atoms with E-state index in [0.717, 1.165) is 19.5 Å². The van der Waals surface area contributed by atoms with Gasteiger partial charge >= 0.3 is 0 Å². The molecule has 0 aromatic rings. The highest BCUT2D eigenvalue weighted by molar-refractivity contribution is 5.82. The fraction of sp³-hybridized carbons (Fsp3) is 0.875. The van der Waals surface area contributed by atoms with Crippen LogP contribution in [0.1, 0.15) is 27.2 Å². The molecule has 66 valence electrons. The van der Waals surface area contributed by atoms with Crippen LogP contribution in [0.15, 0.2) is 0 Å². The van der Waals surface area contributed by atoms with Crippen molar-refractivity contribution in [1.29, 1.82) is 5.41 Å². The molecule has 0 saturated carbocycles. The Morgan fingerprint density at radius 3 is 1.91 bits per heavy atom. The number of rotatable bonds is 5. The maximum atomic E-state index is 7.32. The molecule has 3 N–H and O–H groups in total. The van der Waals surface area contributed by atoms with Gasteiger partial charge in [-0.3, -0.25) is 10.3 Å². The van der Waals surface area contributed by atoms with Crippen molar-refractivity contribution in [1.82, 2.24) is 4.90 Å². The Labute approximate surface area is 69.1 Å². The third-order valence-corrected chi connectivity index (χ3v) is 2.00. The zero-order chi connectivity index (χ0) is 8.85. The molecule has 0 aromatic heterocycles. The zero-order valence-electron chi connectivity index (χ0n) is 7.72. The lowest BCUT2D eigenvalue weighted by Gasteiger charge is -2.27. The summed E-state index contributed by atoms with van der Waals surface area (Å²) in [7, 11) is 0. The number of hydrogen-bond acceptors (Lipinski definition) is 2. The third kappa shape index (κ3) is 2.89. The van der Waals surface area contributed by atoms with Crippen LogP contribution in [0.25, 0.3) is 0 Å². The van der Waals surface area contributed by atoms with E-state index < -0.39 is 0 Å². The van der Waals surface area contributed by atoms with E-state index in [-0.39, 0.29) is 11.9 Å². The van der Waals surface area contributed by atoms with Crippen LogP contribution in [0.4, 0.5) is 0 Å². The van der Waals surface area contributed by atoms with Crippen LogP contribution in [-0.4, -0.2) is 29.9 Å². The lowest BCUT2D eigenvalue weighted by Crippen LogP contribution is -2.43. The van der Waals surface area contributed by atoms with E-state index in [0.29, 0.717) is 0 Å². The topological polar surface area (TPSA) is 53.1 Å². The molecule has 0 saturated heterocycles. The Hall–Kier alpha value is -0.570. The van der Waals surface area contributed by atoms with Gasteiger partial charge in [0.2, 0.25) is 0 Å². The highest BCUT2D eigenvalue weighted by atomic mass is 15.2. The second-order valence-electron chi connectivity index (χ2n) is 2.60. The molecule has 0 amide bonds. The van der Waals surface area contributed by atoms with E-state index in [2.05, 4.69) is 25.7 Å². The van der Waals surface area contributed by atoms with Gasteiger partial charge in [-0.15, -0.1) is 0 Å². The molecule has 1 atom stereocenters. The van der Waals surface area contributed by atoms with E-state index in [4.69, 9.17) is 11.1 Å². The summed E-state index contributed by atoms with van der Waals surface area (Å²) in [5, 5.41) is 7.32. The van der Waals surface area contributed by atoms with Gasteiger partial charge < -0.3 is 5.73 Å². The first-order chi connectivity index (χ1) is 5.17. The molecule has 0 fully saturated rings. The quantitative estimate of drug-likeness (QED) is 0.463. The third-order valence-electron chi connectivity index (χ3n) is 2.00. The summed E-state index contributed by atoms with van der Waals surface area (Å²) in [6, 6.07) is 0.144. The monoisotopic (exact) mass is 157 g/mol. The van der Waals surface area contributed by atoms with Crippen molar-refractivity contribution in [3.63, 3.8) is 0 Å². The molecular weight excluding hydrogens is 138 g/mol. The summed E-state index contributed by atoms with van der Waals surface area (Å²) in [6.07, 6.45) is 0.928. The van der Waals surface area contributed by atoms with Crippen molar-refractivity contribution in [3.05, 3.63) is 0 Å².